The van der Waals surface area contributed by atoms with Crippen LogP contribution in [0.1, 0.15) is 11.1 Å². The fraction of sp³-hybridized carbons (Fsp3) is 0.100. The molecule has 0 aromatic heterocycles. The van der Waals surface area contributed by atoms with Gasteiger partial charge in [-0.1, -0.05) is 24.1 Å². The molecule has 0 aliphatic heterocycles. The van der Waals surface area contributed by atoms with Crippen molar-refractivity contribution in [1.29, 1.82) is 0 Å². The van der Waals surface area contributed by atoms with E-state index < -0.39 is 18.4 Å². The molecule has 2 amide bonds. The van der Waals surface area contributed by atoms with Crippen LogP contribution < -0.4 is 15.4 Å². The molecule has 0 radical (unpaired) electrons. The van der Waals surface area contributed by atoms with Gasteiger partial charge in [-0.15, -0.1) is 6.42 Å². The fourth-order valence-corrected chi connectivity index (χ4v) is 2.05. The predicted octanol–water partition coefficient (Wildman–Crippen LogP) is 3.04. The van der Waals surface area contributed by atoms with Gasteiger partial charge in [0.1, 0.15) is 5.75 Å². The number of hydrogen-bond acceptors (Lipinski definition) is 3. The van der Waals surface area contributed by atoms with Gasteiger partial charge in [0, 0.05) is 17.3 Å². The molecule has 0 atom stereocenters. The number of terminal acetylenes is 1. The minimum atomic E-state index is -2.89. The number of alkyl halides is 2. The average molecular weight is 370 g/mol. The molecule has 2 N–H and O–H groups in total. The van der Waals surface area contributed by atoms with Crippen LogP contribution in [0.25, 0.3) is 6.08 Å². The van der Waals surface area contributed by atoms with Crippen LogP contribution >= 0.6 is 0 Å². The summed E-state index contributed by atoms with van der Waals surface area (Å²) in [5.41, 5.74) is 1.78. The number of amides is 2. The molecule has 27 heavy (non-hydrogen) atoms. The van der Waals surface area contributed by atoms with Gasteiger partial charge >= 0.3 is 6.61 Å². The largest absolute Gasteiger partial charge is 0.435 e. The van der Waals surface area contributed by atoms with Crippen molar-refractivity contribution in [2.75, 3.05) is 11.9 Å². The summed E-state index contributed by atoms with van der Waals surface area (Å²) in [4.78, 5) is 23.6. The normalized spacial score (nSPS) is 10.4. The summed E-state index contributed by atoms with van der Waals surface area (Å²) in [6.07, 6.45) is 8.00. The Morgan fingerprint density at radius 1 is 1.19 bits per heavy atom. The van der Waals surface area contributed by atoms with Gasteiger partial charge in [0.25, 0.3) is 0 Å². The van der Waals surface area contributed by atoms with E-state index in [1.807, 2.05) is 0 Å². The molecule has 2 aromatic rings. The Morgan fingerprint density at radius 3 is 2.59 bits per heavy atom. The van der Waals surface area contributed by atoms with E-state index in [4.69, 9.17) is 6.42 Å². The van der Waals surface area contributed by atoms with Crippen LogP contribution in [0.2, 0.25) is 0 Å². The van der Waals surface area contributed by atoms with Crippen molar-refractivity contribution >= 4 is 23.6 Å². The van der Waals surface area contributed by atoms with Gasteiger partial charge in [0.15, 0.2) is 0 Å². The van der Waals surface area contributed by atoms with Gasteiger partial charge in [0.05, 0.1) is 6.54 Å². The third kappa shape index (κ3) is 7.00. The van der Waals surface area contributed by atoms with Gasteiger partial charge in [0.2, 0.25) is 11.8 Å². The predicted molar refractivity (Wildman–Crippen MR) is 98.1 cm³/mol. The monoisotopic (exact) mass is 370 g/mol. The molecule has 138 valence electrons. The van der Waals surface area contributed by atoms with E-state index in [9.17, 15) is 18.4 Å². The highest BCUT2D eigenvalue weighted by Crippen LogP contribution is 2.15. The second-order valence-electron chi connectivity index (χ2n) is 5.27. The number of anilines is 1. The first-order chi connectivity index (χ1) is 13.0. The van der Waals surface area contributed by atoms with Crippen molar-refractivity contribution in [3.63, 3.8) is 0 Å². The van der Waals surface area contributed by atoms with E-state index in [0.29, 0.717) is 16.8 Å². The summed E-state index contributed by atoms with van der Waals surface area (Å²) in [6, 6.07) is 12.5. The van der Waals surface area contributed by atoms with E-state index in [-0.39, 0.29) is 12.3 Å². The lowest BCUT2D eigenvalue weighted by molar-refractivity contribution is -0.121. The molecule has 0 spiro atoms. The van der Waals surface area contributed by atoms with Crippen molar-refractivity contribution in [2.45, 2.75) is 6.61 Å². The molecule has 0 saturated heterocycles. The molecule has 0 fully saturated rings. The van der Waals surface area contributed by atoms with Crippen molar-refractivity contribution < 1.29 is 23.1 Å². The maximum Gasteiger partial charge on any atom is 0.387 e. The second kappa shape index (κ2) is 9.73. The first-order valence-electron chi connectivity index (χ1n) is 7.83. The fourth-order valence-electron chi connectivity index (χ4n) is 2.05. The minimum absolute atomic E-state index is 0.0252. The Hall–Kier alpha value is -3.66. The van der Waals surface area contributed by atoms with E-state index in [0.717, 1.165) is 0 Å². The second-order valence-corrected chi connectivity index (χ2v) is 5.27. The molecule has 7 heteroatoms. The smallest absolute Gasteiger partial charge is 0.387 e. The quantitative estimate of drug-likeness (QED) is 0.582. The Balaban J connectivity index is 1.80. The number of halogens is 2. The average Bonchev–Trinajstić information content (AvgIpc) is 2.65. The van der Waals surface area contributed by atoms with Gasteiger partial charge in [-0.3, -0.25) is 9.59 Å². The topological polar surface area (TPSA) is 67.4 Å². The number of carbonyl (C=O) groups is 2. The van der Waals surface area contributed by atoms with Crippen LogP contribution in [0.15, 0.2) is 54.6 Å². The number of carbonyl (C=O) groups excluding carboxylic acids is 2. The molecule has 0 aliphatic rings. The highest BCUT2D eigenvalue weighted by Gasteiger charge is 2.05. The minimum Gasteiger partial charge on any atom is -0.435 e. The van der Waals surface area contributed by atoms with Gasteiger partial charge in [-0.2, -0.15) is 8.78 Å². The summed E-state index contributed by atoms with van der Waals surface area (Å²) >= 11 is 0. The maximum absolute atomic E-state index is 12.1. The van der Waals surface area contributed by atoms with Gasteiger partial charge < -0.3 is 15.4 Å². The molecule has 0 bridgehead atoms. The Bertz CT molecular complexity index is 872. The number of rotatable bonds is 7. The summed E-state index contributed by atoms with van der Waals surface area (Å²) < 4.78 is 28.4. The van der Waals surface area contributed by atoms with Crippen LogP contribution in [0.4, 0.5) is 14.5 Å². The molecule has 5 nitrogen and oxygen atoms in total. The zero-order chi connectivity index (χ0) is 19.6. The lowest BCUT2D eigenvalue weighted by Crippen LogP contribution is -2.31. The zero-order valence-corrected chi connectivity index (χ0v) is 14.1. The molecule has 0 saturated carbocycles. The third-order valence-corrected chi connectivity index (χ3v) is 3.27. The van der Waals surface area contributed by atoms with Crippen LogP contribution in [-0.2, 0) is 9.59 Å². The number of hydrogen-bond donors (Lipinski definition) is 2. The first kappa shape index (κ1) is 19.7. The van der Waals surface area contributed by atoms with Crippen LogP contribution in [0.5, 0.6) is 5.75 Å². The van der Waals surface area contributed by atoms with Crippen molar-refractivity contribution in [3.8, 4) is 18.1 Å². The van der Waals surface area contributed by atoms with Crippen molar-refractivity contribution in [3.05, 3.63) is 65.7 Å². The number of nitrogens with one attached hydrogen (secondary N) is 2. The lowest BCUT2D eigenvalue weighted by atomic mass is 10.2. The molecule has 0 aliphatic carbocycles. The summed E-state index contributed by atoms with van der Waals surface area (Å²) in [6.45, 7) is -3.11. The van der Waals surface area contributed by atoms with E-state index in [1.165, 1.54) is 36.4 Å². The standard InChI is InChI=1S/C20H16F2N2O3/c1-2-14-4-3-5-16(12-14)24-19(26)13-23-18(25)11-8-15-6-9-17(10-7-15)27-20(21)22/h1,3-12,20H,13H2,(H,23,25)(H,24,26)/b11-8+. The molecular formula is C20H16F2N2O3. The maximum atomic E-state index is 12.1. The van der Waals surface area contributed by atoms with Crippen LogP contribution in [-0.4, -0.2) is 25.0 Å². The third-order valence-electron chi connectivity index (χ3n) is 3.27. The summed E-state index contributed by atoms with van der Waals surface area (Å²) in [5.74, 6) is 1.61. The summed E-state index contributed by atoms with van der Waals surface area (Å²) in [5, 5.41) is 5.06. The molecule has 2 aromatic carbocycles. The highest BCUT2D eigenvalue weighted by atomic mass is 19.3. The Labute approximate surface area is 155 Å². The van der Waals surface area contributed by atoms with Crippen molar-refractivity contribution in [1.82, 2.24) is 5.32 Å². The first-order valence-corrected chi connectivity index (χ1v) is 7.83. The van der Waals surface area contributed by atoms with Crippen LogP contribution in [0.3, 0.4) is 0 Å². The van der Waals surface area contributed by atoms with E-state index in [1.54, 1.807) is 24.3 Å². The zero-order valence-electron chi connectivity index (χ0n) is 14.1. The summed E-state index contributed by atoms with van der Waals surface area (Å²) in [7, 11) is 0. The van der Waals surface area contributed by atoms with Crippen LogP contribution in [0, 0.1) is 12.3 Å². The highest BCUT2D eigenvalue weighted by molar-refractivity contribution is 5.98. The SMILES string of the molecule is C#Cc1cccc(NC(=O)CNC(=O)/C=C/c2ccc(OC(F)F)cc2)c1. The number of ether oxygens (including phenoxy) is 1. The molecule has 2 rings (SSSR count). The van der Waals surface area contributed by atoms with Crippen molar-refractivity contribution in [2.24, 2.45) is 0 Å². The van der Waals surface area contributed by atoms with Gasteiger partial charge in [-0.25, -0.2) is 0 Å². The molecular weight excluding hydrogens is 354 g/mol. The number of benzene rings is 2. The van der Waals surface area contributed by atoms with Gasteiger partial charge in [-0.05, 0) is 42.0 Å². The molecule has 0 heterocycles. The van der Waals surface area contributed by atoms with E-state index in [2.05, 4.69) is 21.3 Å². The lowest BCUT2D eigenvalue weighted by Gasteiger charge is -2.06. The Kier molecular flexibility index (Phi) is 7.08. The Morgan fingerprint density at radius 2 is 1.93 bits per heavy atom. The van der Waals surface area contributed by atoms with E-state index >= 15 is 0 Å². The molecule has 0 unspecified atom stereocenters.